The van der Waals surface area contributed by atoms with Crippen LogP contribution in [0.2, 0.25) is 0 Å². The second kappa shape index (κ2) is 15.9. The van der Waals surface area contributed by atoms with E-state index in [0.29, 0.717) is 19.4 Å². The minimum absolute atomic E-state index is 0.0929. The lowest BCUT2D eigenvalue weighted by Crippen LogP contribution is -2.48. The van der Waals surface area contributed by atoms with Gasteiger partial charge in [-0.3, -0.25) is 14.4 Å². The van der Waals surface area contributed by atoms with Crippen molar-refractivity contribution in [2.24, 2.45) is 16.9 Å². The Labute approximate surface area is 211 Å². The van der Waals surface area contributed by atoms with E-state index in [-0.39, 0.29) is 29.8 Å². The fraction of sp³-hybridized carbons (Fsp3) is 0.536. The van der Waals surface area contributed by atoms with Gasteiger partial charge in [-0.2, -0.15) is 0 Å². The van der Waals surface area contributed by atoms with Crippen LogP contribution in [0, 0.1) is 12.3 Å². The molecule has 7 nitrogen and oxygen atoms in total. The van der Waals surface area contributed by atoms with Crippen molar-refractivity contribution < 1.29 is 14.4 Å². The topological polar surface area (TPSA) is 119 Å². The van der Waals surface area contributed by atoms with Gasteiger partial charge in [0.1, 0.15) is 6.04 Å². The number of carbonyl (C=O) groups excluding carboxylic acids is 3. The van der Waals surface area contributed by atoms with Gasteiger partial charge in [0.05, 0.1) is 6.54 Å². The molecule has 0 saturated carbocycles. The van der Waals surface area contributed by atoms with Crippen LogP contribution >= 0.6 is 0 Å². The quantitative estimate of drug-likeness (QED) is 0.601. The number of primary amides is 1. The van der Waals surface area contributed by atoms with E-state index in [0.717, 1.165) is 0 Å². The van der Waals surface area contributed by atoms with Crippen molar-refractivity contribution in [2.75, 3.05) is 13.1 Å². The van der Waals surface area contributed by atoms with E-state index < -0.39 is 11.9 Å². The van der Waals surface area contributed by atoms with Gasteiger partial charge < -0.3 is 21.7 Å². The van der Waals surface area contributed by atoms with Crippen molar-refractivity contribution in [3.05, 3.63) is 48.0 Å². The maximum absolute atomic E-state index is 12.3. The third kappa shape index (κ3) is 11.9. The summed E-state index contributed by atoms with van der Waals surface area (Å²) in [6.45, 7) is 16.1. The number of fused-ring (bicyclic) bond motifs is 1. The van der Waals surface area contributed by atoms with Gasteiger partial charge in [0.15, 0.2) is 0 Å². The van der Waals surface area contributed by atoms with Crippen molar-refractivity contribution in [2.45, 2.75) is 80.3 Å². The highest BCUT2D eigenvalue weighted by atomic mass is 16.2. The van der Waals surface area contributed by atoms with Crippen LogP contribution in [0.4, 0.5) is 0 Å². The van der Waals surface area contributed by atoms with Gasteiger partial charge in [-0.15, -0.1) is 0 Å². The molecular weight excluding hydrogens is 440 g/mol. The Balaban J connectivity index is 0.000000644. The summed E-state index contributed by atoms with van der Waals surface area (Å²) < 4.78 is 0. The lowest BCUT2D eigenvalue weighted by Gasteiger charge is -2.27. The van der Waals surface area contributed by atoms with E-state index in [1.807, 2.05) is 48.5 Å². The molecule has 3 amide bonds. The molecule has 196 valence electrons. The van der Waals surface area contributed by atoms with E-state index in [4.69, 9.17) is 11.5 Å². The molecular formula is C28H46N4O3. The lowest BCUT2D eigenvalue weighted by atomic mass is 9.91. The number of nitrogens with zero attached hydrogens (tertiary/aromatic N) is 1. The van der Waals surface area contributed by atoms with Crippen LogP contribution in [0.5, 0.6) is 0 Å². The molecule has 2 aromatic rings. The molecule has 1 saturated heterocycles. The van der Waals surface area contributed by atoms with E-state index in [9.17, 15) is 14.4 Å². The van der Waals surface area contributed by atoms with Crippen LogP contribution in [0.3, 0.4) is 0 Å². The molecule has 0 spiro atoms. The molecule has 2 aromatic carbocycles. The molecule has 1 aliphatic rings. The largest absolute Gasteiger partial charge is 0.368 e. The summed E-state index contributed by atoms with van der Waals surface area (Å²) in [5.41, 5.74) is 12.0. The Morgan fingerprint density at radius 1 is 1.00 bits per heavy atom. The molecule has 0 aromatic heterocycles. The van der Waals surface area contributed by atoms with Crippen LogP contribution in [0.15, 0.2) is 42.5 Å². The number of carbonyl (C=O) groups is 3. The van der Waals surface area contributed by atoms with E-state index >= 15 is 0 Å². The fourth-order valence-corrected chi connectivity index (χ4v) is 3.55. The second-order valence-electron chi connectivity index (χ2n) is 9.33. The SMILES string of the molecule is CC.CC.CC(C)(C)CC(=O)N1CC(N)CC1C(=O)NCC(N)=O.Cc1ccc2ccccc2c1. The number of rotatable bonds is 4. The maximum atomic E-state index is 12.3. The summed E-state index contributed by atoms with van der Waals surface area (Å²) in [7, 11) is 0. The molecule has 0 bridgehead atoms. The summed E-state index contributed by atoms with van der Waals surface area (Å²) in [5, 5.41) is 5.07. The molecule has 1 aliphatic heterocycles. The minimum Gasteiger partial charge on any atom is -0.368 e. The standard InChI is InChI=1S/C13H24N4O3.C11H10.2C2H6/c1-13(2,3)5-11(19)17-7-8(14)4-9(17)12(20)16-6-10(15)18;1-9-6-7-10-4-2-3-5-11(10)8-9;2*1-2/h8-9H,4-7,14H2,1-3H3,(H2,15,18)(H,16,20);2-8H,1H3;2*1-2H3. The van der Waals surface area contributed by atoms with Gasteiger partial charge in [-0.1, -0.05) is 96.5 Å². The Morgan fingerprint density at radius 3 is 2.11 bits per heavy atom. The molecule has 1 heterocycles. The third-order valence-electron chi connectivity index (χ3n) is 4.98. The predicted molar refractivity (Wildman–Crippen MR) is 146 cm³/mol. The van der Waals surface area contributed by atoms with Crippen molar-refractivity contribution in [3.8, 4) is 0 Å². The summed E-state index contributed by atoms with van der Waals surface area (Å²) in [6, 6.07) is 14.1. The monoisotopic (exact) mass is 486 g/mol. The Kier molecular flexibility index (Phi) is 14.5. The Hall–Kier alpha value is -2.93. The average molecular weight is 487 g/mol. The normalized spacial score (nSPS) is 16.5. The summed E-state index contributed by atoms with van der Waals surface area (Å²) >= 11 is 0. The van der Waals surface area contributed by atoms with Crippen LogP contribution in [0.25, 0.3) is 10.8 Å². The zero-order valence-electron chi connectivity index (χ0n) is 22.9. The number of nitrogens with one attached hydrogen (secondary N) is 1. The third-order valence-corrected chi connectivity index (χ3v) is 4.98. The lowest BCUT2D eigenvalue weighted by molar-refractivity contribution is -0.140. The van der Waals surface area contributed by atoms with E-state index in [1.54, 1.807) is 0 Å². The Bertz CT molecular complexity index is 937. The number of hydrogen-bond acceptors (Lipinski definition) is 4. The first-order valence-corrected chi connectivity index (χ1v) is 12.5. The van der Waals surface area contributed by atoms with Gasteiger partial charge in [-0.05, 0) is 29.5 Å². The van der Waals surface area contributed by atoms with Crippen molar-refractivity contribution >= 4 is 28.5 Å². The highest BCUT2D eigenvalue weighted by Crippen LogP contribution is 2.24. The molecule has 7 heteroatoms. The van der Waals surface area contributed by atoms with Gasteiger partial charge >= 0.3 is 0 Å². The first-order valence-electron chi connectivity index (χ1n) is 12.5. The maximum Gasteiger partial charge on any atom is 0.243 e. The molecule has 0 aliphatic carbocycles. The Morgan fingerprint density at radius 2 is 1.57 bits per heavy atom. The van der Waals surface area contributed by atoms with Crippen LogP contribution in [-0.2, 0) is 14.4 Å². The number of amides is 3. The zero-order valence-corrected chi connectivity index (χ0v) is 22.9. The van der Waals surface area contributed by atoms with Crippen molar-refractivity contribution in [1.82, 2.24) is 10.2 Å². The highest BCUT2D eigenvalue weighted by Gasteiger charge is 2.38. The number of hydrogen-bond donors (Lipinski definition) is 3. The van der Waals surface area contributed by atoms with Crippen LogP contribution in [0.1, 0.15) is 66.9 Å². The number of benzene rings is 2. The van der Waals surface area contributed by atoms with Crippen molar-refractivity contribution in [1.29, 1.82) is 0 Å². The zero-order chi connectivity index (χ0) is 27.2. The summed E-state index contributed by atoms with van der Waals surface area (Å²) in [6.07, 6.45) is 0.750. The number of nitrogens with two attached hydrogens (primary N) is 2. The van der Waals surface area contributed by atoms with Gasteiger partial charge in [0, 0.05) is 19.0 Å². The van der Waals surface area contributed by atoms with Crippen molar-refractivity contribution in [3.63, 3.8) is 0 Å². The average Bonchev–Trinajstić information content (AvgIpc) is 3.21. The number of likely N-dealkylation sites (tertiary alicyclic amines) is 1. The molecule has 0 radical (unpaired) electrons. The van der Waals surface area contributed by atoms with Gasteiger partial charge in [0.25, 0.3) is 0 Å². The minimum atomic E-state index is -0.617. The first-order chi connectivity index (χ1) is 16.5. The van der Waals surface area contributed by atoms with Gasteiger partial charge in [0.2, 0.25) is 17.7 Å². The fourth-order valence-electron chi connectivity index (χ4n) is 3.55. The molecule has 35 heavy (non-hydrogen) atoms. The van der Waals surface area contributed by atoms with Crippen LogP contribution in [-0.4, -0.2) is 47.8 Å². The summed E-state index contributed by atoms with van der Waals surface area (Å²) in [5.74, 6) is -1.09. The molecule has 1 fully saturated rings. The predicted octanol–water partition coefficient (Wildman–Crippen LogP) is 4.15. The van der Waals surface area contributed by atoms with Crippen LogP contribution < -0.4 is 16.8 Å². The smallest absolute Gasteiger partial charge is 0.243 e. The first kappa shape index (κ1) is 32.1. The second-order valence-corrected chi connectivity index (χ2v) is 9.33. The van der Waals surface area contributed by atoms with E-state index in [1.165, 1.54) is 21.2 Å². The van der Waals surface area contributed by atoms with E-state index in [2.05, 4.69) is 54.7 Å². The highest BCUT2D eigenvalue weighted by molar-refractivity contribution is 5.91. The molecule has 5 N–H and O–H groups in total. The summed E-state index contributed by atoms with van der Waals surface area (Å²) in [4.78, 5) is 36.5. The molecule has 2 atom stereocenters. The molecule has 2 unspecified atom stereocenters. The number of aryl methyl sites for hydroxylation is 1. The van der Waals surface area contributed by atoms with Gasteiger partial charge in [-0.25, -0.2) is 0 Å². The molecule has 3 rings (SSSR count).